The van der Waals surface area contributed by atoms with Crippen molar-refractivity contribution in [2.24, 2.45) is 5.92 Å². The van der Waals surface area contributed by atoms with Gasteiger partial charge in [-0.15, -0.1) is 0 Å². The maximum atomic E-state index is 13.7. The molecule has 0 aromatic heterocycles. The quantitative estimate of drug-likeness (QED) is 0.282. The summed E-state index contributed by atoms with van der Waals surface area (Å²) in [5.41, 5.74) is 5.64. The van der Waals surface area contributed by atoms with Crippen molar-refractivity contribution in [3.05, 3.63) is 83.4 Å². The van der Waals surface area contributed by atoms with Gasteiger partial charge < -0.3 is 9.64 Å². The van der Waals surface area contributed by atoms with Gasteiger partial charge in [-0.2, -0.15) is 0 Å². The number of ether oxygens (including phenoxy) is 1. The molecule has 1 aliphatic carbocycles. The van der Waals surface area contributed by atoms with E-state index >= 15 is 0 Å². The molecule has 3 aromatic carbocycles. The number of rotatable bonds is 9. The molecule has 1 heterocycles. The van der Waals surface area contributed by atoms with Crippen LogP contribution in [0.4, 0.5) is 5.69 Å². The van der Waals surface area contributed by atoms with Crippen LogP contribution in [0.25, 0.3) is 11.1 Å². The predicted octanol–water partition coefficient (Wildman–Crippen LogP) is 8.55. The molecule has 0 radical (unpaired) electrons. The van der Waals surface area contributed by atoms with Crippen LogP contribution in [0.3, 0.4) is 0 Å². The number of amides is 1. The van der Waals surface area contributed by atoms with Crippen molar-refractivity contribution >= 4 is 17.4 Å². The highest BCUT2D eigenvalue weighted by molar-refractivity contribution is 6.01. The van der Waals surface area contributed by atoms with Crippen molar-refractivity contribution in [2.45, 2.75) is 90.7 Å². The molecule has 1 saturated carbocycles. The van der Waals surface area contributed by atoms with Gasteiger partial charge in [-0.1, -0.05) is 87.6 Å². The van der Waals surface area contributed by atoms with Crippen molar-refractivity contribution in [3.8, 4) is 16.9 Å². The van der Waals surface area contributed by atoms with E-state index in [1.165, 1.54) is 42.4 Å². The van der Waals surface area contributed by atoms with Crippen LogP contribution in [0.15, 0.2) is 66.7 Å². The van der Waals surface area contributed by atoms with Crippen LogP contribution in [0.2, 0.25) is 0 Å². The Balaban J connectivity index is 1.38. The maximum absolute atomic E-state index is 13.7. The third-order valence-electron chi connectivity index (χ3n) is 8.21. The number of carbonyl (C=O) groups excluding carboxylic acids is 2. The molecule has 1 fully saturated rings. The van der Waals surface area contributed by atoms with E-state index in [0.717, 1.165) is 30.5 Å². The SMILES string of the molecule is CCCc1ccc(-c2ccc(CN(C(=O)CCC3CCCC3)c3ccc4c(c3)OC(C)(C)CC4=O)cc2)cc1. The second-order valence-electron chi connectivity index (χ2n) is 12.0. The third kappa shape index (κ3) is 6.61. The molecule has 3 aromatic rings. The standard InChI is InChI=1S/C35H41NO3/c1-4-7-25-10-15-28(16-11-25)29-17-12-27(13-18-29)24-36(34(38)21-14-26-8-5-6-9-26)30-19-20-31-32(37)23-35(2,3)39-33(31)22-30/h10-13,15-20,22,26H,4-9,14,21,23-24H2,1-3H3. The fourth-order valence-electron chi connectivity index (χ4n) is 6.03. The summed E-state index contributed by atoms with van der Waals surface area (Å²) in [4.78, 5) is 28.2. The molecule has 0 spiro atoms. The van der Waals surface area contributed by atoms with Gasteiger partial charge in [0.2, 0.25) is 5.91 Å². The number of aryl methyl sites for hydroxylation is 1. The molecule has 39 heavy (non-hydrogen) atoms. The van der Waals surface area contributed by atoms with Gasteiger partial charge in [-0.3, -0.25) is 9.59 Å². The minimum absolute atomic E-state index is 0.0882. The summed E-state index contributed by atoms with van der Waals surface area (Å²) in [5.74, 6) is 1.44. The molecular weight excluding hydrogens is 482 g/mol. The van der Waals surface area contributed by atoms with E-state index in [1.54, 1.807) is 0 Å². The van der Waals surface area contributed by atoms with Crippen LogP contribution < -0.4 is 9.64 Å². The minimum Gasteiger partial charge on any atom is -0.487 e. The Morgan fingerprint density at radius 2 is 1.56 bits per heavy atom. The van der Waals surface area contributed by atoms with Gasteiger partial charge in [0.1, 0.15) is 11.4 Å². The predicted molar refractivity (Wildman–Crippen MR) is 158 cm³/mol. The number of carbonyl (C=O) groups is 2. The Bertz CT molecular complexity index is 1300. The number of hydrogen-bond acceptors (Lipinski definition) is 3. The van der Waals surface area contributed by atoms with Crippen LogP contribution in [0.1, 0.15) is 93.6 Å². The lowest BCUT2D eigenvalue weighted by atomic mass is 9.93. The Kier molecular flexibility index (Phi) is 8.20. The van der Waals surface area contributed by atoms with Gasteiger partial charge in [0.15, 0.2) is 5.78 Å². The molecule has 0 saturated heterocycles. The molecule has 0 N–H and O–H groups in total. The molecule has 5 rings (SSSR count). The zero-order valence-electron chi connectivity index (χ0n) is 23.7. The van der Waals surface area contributed by atoms with Crippen molar-refractivity contribution < 1.29 is 14.3 Å². The summed E-state index contributed by atoms with van der Waals surface area (Å²) >= 11 is 0. The second-order valence-corrected chi connectivity index (χ2v) is 12.0. The van der Waals surface area contributed by atoms with Crippen LogP contribution >= 0.6 is 0 Å². The van der Waals surface area contributed by atoms with E-state index in [1.807, 2.05) is 36.9 Å². The first-order valence-electron chi connectivity index (χ1n) is 14.7. The molecule has 0 unspecified atom stereocenters. The molecule has 204 valence electrons. The molecule has 4 nitrogen and oxygen atoms in total. The Labute approximate surface area is 233 Å². The average Bonchev–Trinajstić information content (AvgIpc) is 3.44. The Morgan fingerprint density at radius 3 is 2.21 bits per heavy atom. The second kappa shape index (κ2) is 11.8. The van der Waals surface area contributed by atoms with Crippen molar-refractivity contribution in [1.29, 1.82) is 0 Å². The van der Waals surface area contributed by atoms with Gasteiger partial charge in [0, 0.05) is 18.2 Å². The van der Waals surface area contributed by atoms with Gasteiger partial charge >= 0.3 is 0 Å². The topological polar surface area (TPSA) is 46.6 Å². The summed E-state index contributed by atoms with van der Waals surface area (Å²) in [7, 11) is 0. The molecule has 0 atom stereocenters. The van der Waals surface area contributed by atoms with E-state index in [9.17, 15) is 9.59 Å². The first-order chi connectivity index (χ1) is 18.8. The number of nitrogens with zero attached hydrogens (tertiary/aromatic N) is 1. The zero-order chi connectivity index (χ0) is 27.4. The molecule has 2 aliphatic rings. The van der Waals surface area contributed by atoms with E-state index in [0.29, 0.717) is 36.6 Å². The maximum Gasteiger partial charge on any atom is 0.227 e. The fourth-order valence-corrected chi connectivity index (χ4v) is 6.03. The van der Waals surface area contributed by atoms with Crippen LogP contribution in [-0.4, -0.2) is 17.3 Å². The lowest BCUT2D eigenvalue weighted by Gasteiger charge is -2.33. The number of Topliss-reactive ketones (excluding diaryl/α,β-unsaturated/α-hetero) is 1. The van der Waals surface area contributed by atoms with Gasteiger partial charge in [-0.25, -0.2) is 0 Å². The van der Waals surface area contributed by atoms with Gasteiger partial charge in [0.05, 0.1) is 18.5 Å². The Hall–Kier alpha value is -3.40. The van der Waals surface area contributed by atoms with E-state index in [4.69, 9.17) is 4.74 Å². The molecule has 4 heteroatoms. The summed E-state index contributed by atoms with van der Waals surface area (Å²) < 4.78 is 6.18. The number of hydrogen-bond donors (Lipinski definition) is 0. The lowest BCUT2D eigenvalue weighted by molar-refractivity contribution is -0.119. The normalized spacial score (nSPS) is 16.5. The summed E-state index contributed by atoms with van der Waals surface area (Å²) in [6, 6.07) is 22.9. The van der Waals surface area contributed by atoms with Gasteiger partial charge in [-0.05, 0) is 67.0 Å². The molecule has 0 bridgehead atoms. The fraction of sp³-hybridized carbons (Fsp3) is 0.429. The van der Waals surface area contributed by atoms with Crippen molar-refractivity contribution in [3.63, 3.8) is 0 Å². The highest BCUT2D eigenvalue weighted by atomic mass is 16.5. The van der Waals surface area contributed by atoms with E-state index < -0.39 is 5.60 Å². The van der Waals surface area contributed by atoms with Gasteiger partial charge in [0.25, 0.3) is 0 Å². The third-order valence-corrected chi connectivity index (χ3v) is 8.21. The largest absolute Gasteiger partial charge is 0.487 e. The summed E-state index contributed by atoms with van der Waals surface area (Å²) in [6.07, 6.45) is 9.11. The molecular formula is C35H41NO3. The highest BCUT2D eigenvalue weighted by Gasteiger charge is 2.33. The zero-order valence-corrected chi connectivity index (χ0v) is 23.7. The summed E-state index contributed by atoms with van der Waals surface area (Å²) in [5, 5.41) is 0. The van der Waals surface area contributed by atoms with Crippen LogP contribution in [0, 0.1) is 5.92 Å². The smallest absolute Gasteiger partial charge is 0.227 e. The number of ketones is 1. The first kappa shape index (κ1) is 27.2. The summed E-state index contributed by atoms with van der Waals surface area (Å²) in [6.45, 7) is 6.55. The molecule has 1 amide bonds. The van der Waals surface area contributed by atoms with Crippen molar-refractivity contribution in [1.82, 2.24) is 0 Å². The number of benzene rings is 3. The van der Waals surface area contributed by atoms with E-state index in [2.05, 4.69) is 55.5 Å². The monoisotopic (exact) mass is 523 g/mol. The van der Waals surface area contributed by atoms with E-state index in [-0.39, 0.29) is 11.7 Å². The van der Waals surface area contributed by atoms with Crippen LogP contribution in [-0.2, 0) is 17.8 Å². The minimum atomic E-state index is -0.551. The number of fused-ring (bicyclic) bond motifs is 1. The average molecular weight is 524 g/mol. The lowest BCUT2D eigenvalue weighted by Crippen LogP contribution is -2.36. The highest BCUT2D eigenvalue weighted by Crippen LogP contribution is 2.37. The number of anilines is 1. The molecule has 1 aliphatic heterocycles. The van der Waals surface area contributed by atoms with Crippen LogP contribution in [0.5, 0.6) is 5.75 Å². The Morgan fingerprint density at radius 1 is 0.923 bits per heavy atom. The van der Waals surface area contributed by atoms with Crippen molar-refractivity contribution in [2.75, 3.05) is 4.90 Å². The first-order valence-corrected chi connectivity index (χ1v) is 14.7.